The number of aromatic nitrogens is 2. The number of aromatic amines is 1. The lowest BCUT2D eigenvalue weighted by atomic mass is 10.3. The van der Waals surface area contributed by atoms with E-state index in [1.165, 1.54) is 6.08 Å². The number of ketones is 1. The molecule has 4 heteroatoms. The minimum Gasteiger partial charge on any atom is -0.462 e. The van der Waals surface area contributed by atoms with Crippen molar-refractivity contribution in [1.29, 1.82) is 0 Å². The number of nitrogens with one attached hydrogen (secondary N) is 1. The van der Waals surface area contributed by atoms with Crippen LogP contribution in [0.3, 0.4) is 0 Å². The van der Waals surface area contributed by atoms with Crippen LogP contribution in [0, 0.1) is 6.92 Å². The SMILES string of the molecule is Cc1ccc(C=CC(=O)c2nc3ccccc3[nH]2)o1. The lowest BCUT2D eigenvalue weighted by Crippen LogP contribution is -1.96. The molecule has 0 aliphatic rings. The molecular weight excluding hydrogens is 240 g/mol. The third kappa shape index (κ3) is 2.33. The monoisotopic (exact) mass is 252 g/mol. The van der Waals surface area contributed by atoms with Crippen molar-refractivity contribution >= 4 is 22.9 Å². The number of H-pyrrole nitrogens is 1. The third-order valence-corrected chi connectivity index (χ3v) is 2.78. The van der Waals surface area contributed by atoms with E-state index in [0.29, 0.717) is 11.6 Å². The highest BCUT2D eigenvalue weighted by Crippen LogP contribution is 2.12. The fourth-order valence-corrected chi connectivity index (χ4v) is 1.85. The highest BCUT2D eigenvalue weighted by molar-refractivity contribution is 6.05. The molecule has 94 valence electrons. The zero-order valence-electron chi connectivity index (χ0n) is 10.4. The molecule has 0 aliphatic heterocycles. The first-order valence-electron chi connectivity index (χ1n) is 5.96. The maximum atomic E-state index is 12.0. The van der Waals surface area contributed by atoms with Gasteiger partial charge in [-0.15, -0.1) is 0 Å². The average Bonchev–Trinajstić information content (AvgIpc) is 3.01. The van der Waals surface area contributed by atoms with Crippen molar-refractivity contribution < 1.29 is 9.21 Å². The highest BCUT2D eigenvalue weighted by atomic mass is 16.3. The summed E-state index contributed by atoms with van der Waals surface area (Å²) < 4.78 is 5.36. The molecule has 3 rings (SSSR count). The van der Waals surface area contributed by atoms with Gasteiger partial charge < -0.3 is 9.40 Å². The highest BCUT2D eigenvalue weighted by Gasteiger charge is 2.08. The van der Waals surface area contributed by atoms with Crippen molar-refractivity contribution in [3.63, 3.8) is 0 Å². The Kier molecular flexibility index (Phi) is 2.76. The topological polar surface area (TPSA) is 58.9 Å². The number of carbonyl (C=O) groups excluding carboxylic acids is 1. The van der Waals surface area contributed by atoms with Gasteiger partial charge in [-0.1, -0.05) is 12.1 Å². The van der Waals surface area contributed by atoms with E-state index in [4.69, 9.17) is 4.42 Å². The number of furan rings is 1. The van der Waals surface area contributed by atoms with Gasteiger partial charge in [0.25, 0.3) is 0 Å². The molecule has 2 aromatic heterocycles. The summed E-state index contributed by atoms with van der Waals surface area (Å²) in [6.45, 7) is 1.86. The summed E-state index contributed by atoms with van der Waals surface area (Å²) in [5.74, 6) is 1.63. The summed E-state index contributed by atoms with van der Waals surface area (Å²) in [5.41, 5.74) is 1.64. The van der Waals surface area contributed by atoms with Crippen molar-refractivity contribution in [2.45, 2.75) is 6.92 Å². The van der Waals surface area contributed by atoms with Gasteiger partial charge in [0, 0.05) is 0 Å². The first kappa shape index (κ1) is 11.5. The van der Waals surface area contributed by atoms with Crippen LogP contribution in [-0.4, -0.2) is 15.8 Å². The number of hydrogen-bond donors (Lipinski definition) is 1. The number of hydrogen-bond acceptors (Lipinski definition) is 3. The van der Waals surface area contributed by atoms with Crippen LogP contribution in [0.5, 0.6) is 0 Å². The molecule has 2 heterocycles. The zero-order valence-corrected chi connectivity index (χ0v) is 10.4. The van der Waals surface area contributed by atoms with Gasteiger partial charge in [-0.25, -0.2) is 4.98 Å². The number of fused-ring (bicyclic) bond motifs is 1. The Morgan fingerprint density at radius 1 is 1.26 bits per heavy atom. The van der Waals surface area contributed by atoms with Gasteiger partial charge in [-0.3, -0.25) is 4.79 Å². The van der Waals surface area contributed by atoms with Crippen LogP contribution in [0.15, 0.2) is 46.9 Å². The Morgan fingerprint density at radius 2 is 2.11 bits per heavy atom. The Morgan fingerprint density at radius 3 is 2.84 bits per heavy atom. The quantitative estimate of drug-likeness (QED) is 0.574. The summed E-state index contributed by atoms with van der Waals surface area (Å²) in [7, 11) is 0. The number of aryl methyl sites for hydroxylation is 1. The summed E-state index contributed by atoms with van der Waals surface area (Å²) in [4.78, 5) is 19.2. The van der Waals surface area contributed by atoms with E-state index in [1.807, 2.05) is 43.3 Å². The van der Waals surface area contributed by atoms with Crippen molar-refractivity contribution in [3.05, 3.63) is 59.8 Å². The van der Waals surface area contributed by atoms with Crippen molar-refractivity contribution in [3.8, 4) is 0 Å². The number of rotatable bonds is 3. The van der Waals surface area contributed by atoms with E-state index >= 15 is 0 Å². The molecule has 0 spiro atoms. The molecule has 0 aliphatic carbocycles. The lowest BCUT2D eigenvalue weighted by molar-refractivity contribution is 0.103. The molecule has 1 N–H and O–H groups in total. The predicted octanol–water partition coefficient (Wildman–Crippen LogP) is 3.36. The van der Waals surface area contributed by atoms with Crippen molar-refractivity contribution in [1.82, 2.24) is 9.97 Å². The minimum atomic E-state index is -0.176. The maximum Gasteiger partial charge on any atom is 0.221 e. The molecule has 0 unspecified atom stereocenters. The molecule has 0 atom stereocenters. The van der Waals surface area contributed by atoms with Gasteiger partial charge in [0.05, 0.1) is 11.0 Å². The Labute approximate surface area is 109 Å². The van der Waals surface area contributed by atoms with Crippen LogP contribution < -0.4 is 0 Å². The molecule has 0 radical (unpaired) electrons. The maximum absolute atomic E-state index is 12.0. The van der Waals surface area contributed by atoms with Gasteiger partial charge in [-0.2, -0.15) is 0 Å². The predicted molar refractivity (Wildman–Crippen MR) is 72.9 cm³/mol. The number of para-hydroxylation sites is 2. The van der Waals surface area contributed by atoms with Gasteiger partial charge in [0.1, 0.15) is 11.5 Å². The molecule has 0 saturated carbocycles. The molecule has 19 heavy (non-hydrogen) atoms. The summed E-state index contributed by atoms with van der Waals surface area (Å²) in [6.07, 6.45) is 3.10. The van der Waals surface area contributed by atoms with Crippen LogP contribution in [0.4, 0.5) is 0 Å². The van der Waals surface area contributed by atoms with E-state index in [9.17, 15) is 4.79 Å². The summed E-state index contributed by atoms with van der Waals surface area (Å²) >= 11 is 0. The van der Waals surface area contributed by atoms with Crippen molar-refractivity contribution in [2.24, 2.45) is 0 Å². The molecule has 0 fully saturated rings. The molecule has 4 nitrogen and oxygen atoms in total. The van der Waals surface area contributed by atoms with Gasteiger partial charge in [-0.05, 0) is 43.3 Å². The third-order valence-electron chi connectivity index (χ3n) is 2.78. The molecular formula is C15H12N2O2. The Hall–Kier alpha value is -2.62. The largest absolute Gasteiger partial charge is 0.462 e. The fraction of sp³-hybridized carbons (Fsp3) is 0.0667. The first-order valence-corrected chi connectivity index (χ1v) is 5.96. The average molecular weight is 252 g/mol. The minimum absolute atomic E-state index is 0.176. The lowest BCUT2D eigenvalue weighted by Gasteiger charge is -1.87. The molecule has 3 aromatic rings. The fourth-order valence-electron chi connectivity index (χ4n) is 1.85. The van der Waals surface area contributed by atoms with Crippen LogP contribution >= 0.6 is 0 Å². The number of carbonyl (C=O) groups is 1. The second kappa shape index (κ2) is 4.57. The van der Waals surface area contributed by atoms with E-state index in [0.717, 1.165) is 16.8 Å². The summed E-state index contributed by atoms with van der Waals surface area (Å²) in [5, 5.41) is 0. The first-order chi connectivity index (χ1) is 9.22. The molecule has 0 bridgehead atoms. The number of imidazole rings is 1. The number of allylic oxidation sites excluding steroid dienone is 1. The van der Waals surface area contributed by atoms with E-state index in [1.54, 1.807) is 6.08 Å². The van der Waals surface area contributed by atoms with E-state index in [-0.39, 0.29) is 5.78 Å². The van der Waals surface area contributed by atoms with E-state index < -0.39 is 0 Å². The second-order valence-electron chi connectivity index (χ2n) is 4.25. The standard InChI is InChI=1S/C15H12N2O2/c1-10-6-7-11(19-10)8-9-14(18)15-16-12-4-2-3-5-13(12)17-15/h2-9H,1H3,(H,16,17). The van der Waals surface area contributed by atoms with Crippen LogP contribution in [-0.2, 0) is 0 Å². The second-order valence-corrected chi connectivity index (χ2v) is 4.25. The number of benzene rings is 1. The van der Waals surface area contributed by atoms with Crippen LogP contribution in [0.25, 0.3) is 17.1 Å². The van der Waals surface area contributed by atoms with Gasteiger partial charge in [0.15, 0.2) is 5.82 Å². The van der Waals surface area contributed by atoms with E-state index in [2.05, 4.69) is 9.97 Å². The molecule has 0 amide bonds. The smallest absolute Gasteiger partial charge is 0.221 e. The van der Waals surface area contributed by atoms with Crippen molar-refractivity contribution in [2.75, 3.05) is 0 Å². The van der Waals surface area contributed by atoms with Crippen LogP contribution in [0.1, 0.15) is 22.1 Å². The van der Waals surface area contributed by atoms with Gasteiger partial charge >= 0.3 is 0 Å². The zero-order chi connectivity index (χ0) is 13.2. The number of nitrogens with zero attached hydrogens (tertiary/aromatic N) is 1. The Balaban J connectivity index is 1.85. The van der Waals surface area contributed by atoms with Gasteiger partial charge in [0.2, 0.25) is 5.78 Å². The van der Waals surface area contributed by atoms with Crippen LogP contribution in [0.2, 0.25) is 0 Å². The molecule has 0 saturated heterocycles. The Bertz CT molecular complexity index is 732. The molecule has 1 aromatic carbocycles. The summed E-state index contributed by atoms with van der Waals surface area (Å²) in [6, 6.07) is 11.2. The normalized spacial score (nSPS) is 11.4.